The van der Waals surface area contributed by atoms with Crippen LogP contribution in [0.3, 0.4) is 0 Å². The second-order valence-corrected chi connectivity index (χ2v) is 4.33. The predicted molar refractivity (Wildman–Crippen MR) is 63.1 cm³/mol. The van der Waals surface area contributed by atoms with Crippen molar-refractivity contribution in [3.63, 3.8) is 0 Å². The number of ether oxygens (including phenoxy) is 1. The Morgan fingerprint density at radius 1 is 1.56 bits per heavy atom. The van der Waals surface area contributed by atoms with Crippen LogP contribution >= 0.6 is 0 Å². The molecule has 7 nitrogen and oxygen atoms in total. The van der Waals surface area contributed by atoms with E-state index in [2.05, 4.69) is 15.2 Å². The summed E-state index contributed by atoms with van der Waals surface area (Å²) in [4.78, 5) is 17.8. The number of aliphatic hydroxyl groups excluding tert-OH is 1. The quantitative estimate of drug-likeness (QED) is 0.771. The largest absolute Gasteiger partial charge is 0.394 e. The zero-order chi connectivity index (χ0) is 13.0. The predicted octanol–water partition coefficient (Wildman–Crippen LogP) is -0.273. The number of aromatic amines is 1. The number of hydrogen-bond acceptors (Lipinski definition) is 5. The number of piperidine rings is 1. The summed E-state index contributed by atoms with van der Waals surface area (Å²) in [5, 5.41) is 15.2. The van der Waals surface area contributed by atoms with E-state index in [-0.39, 0.29) is 24.4 Å². The summed E-state index contributed by atoms with van der Waals surface area (Å²) >= 11 is 0. The van der Waals surface area contributed by atoms with Gasteiger partial charge in [0.2, 0.25) is 5.82 Å². The van der Waals surface area contributed by atoms with Gasteiger partial charge in [-0.1, -0.05) is 0 Å². The summed E-state index contributed by atoms with van der Waals surface area (Å²) in [6, 6.07) is 0. The van der Waals surface area contributed by atoms with Gasteiger partial charge in [-0.25, -0.2) is 4.98 Å². The van der Waals surface area contributed by atoms with Gasteiger partial charge in [0, 0.05) is 13.1 Å². The molecule has 0 bridgehead atoms. The average molecular weight is 254 g/mol. The van der Waals surface area contributed by atoms with Crippen molar-refractivity contribution in [2.75, 3.05) is 26.3 Å². The normalized spacial score (nSPS) is 17.1. The standard InChI is InChI=1S/C11H18N4O3/c1-8-12-10(14-13-8)11(17)15-4-2-9(3-5-15)18-7-6-16/h9,16H,2-7H2,1H3,(H,12,13,14). The summed E-state index contributed by atoms with van der Waals surface area (Å²) in [7, 11) is 0. The number of carbonyl (C=O) groups excluding carboxylic acids is 1. The lowest BCUT2D eigenvalue weighted by molar-refractivity contribution is -0.00575. The van der Waals surface area contributed by atoms with Gasteiger partial charge in [-0.2, -0.15) is 0 Å². The van der Waals surface area contributed by atoms with E-state index in [0.717, 1.165) is 12.8 Å². The molecule has 0 spiro atoms. The van der Waals surface area contributed by atoms with Crippen LogP contribution in [0.4, 0.5) is 0 Å². The number of aryl methyl sites for hydroxylation is 1. The summed E-state index contributed by atoms with van der Waals surface area (Å²) in [5.41, 5.74) is 0. The molecule has 0 unspecified atom stereocenters. The third kappa shape index (κ3) is 3.05. The van der Waals surface area contributed by atoms with E-state index in [4.69, 9.17) is 9.84 Å². The molecule has 100 valence electrons. The number of nitrogens with one attached hydrogen (secondary N) is 1. The van der Waals surface area contributed by atoms with Crippen LogP contribution < -0.4 is 0 Å². The average Bonchev–Trinajstić information content (AvgIpc) is 2.83. The first kappa shape index (κ1) is 13.0. The Kier molecular flexibility index (Phi) is 4.27. The van der Waals surface area contributed by atoms with Crippen molar-refractivity contribution >= 4 is 5.91 Å². The molecule has 18 heavy (non-hydrogen) atoms. The monoisotopic (exact) mass is 254 g/mol. The van der Waals surface area contributed by atoms with Gasteiger partial charge in [0.05, 0.1) is 19.3 Å². The Hall–Kier alpha value is -1.47. The molecule has 0 aliphatic carbocycles. The maximum absolute atomic E-state index is 12.0. The van der Waals surface area contributed by atoms with Crippen LogP contribution in [-0.4, -0.2) is 63.5 Å². The van der Waals surface area contributed by atoms with E-state index in [1.807, 2.05) is 0 Å². The topological polar surface area (TPSA) is 91.3 Å². The maximum Gasteiger partial charge on any atom is 0.293 e. The van der Waals surface area contributed by atoms with Gasteiger partial charge in [-0.15, -0.1) is 5.10 Å². The van der Waals surface area contributed by atoms with Crippen LogP contribution in [0.5, 0.6) is 0 Å². The van der Waals surface area contributed by atoms with E-state index in [1.165, 1.54) is 0 Å². The Morgan fingerprint density at radius 2 is 2.28 bits per heavy atom. The van der Waals surface area contributed by atoms with Crippen LogP contribution in [0.15, 0.2) is 0 Å². The van der Waals surface area contributed by atoms with Crippen LogP contribution in [-0.2, 0) is 4.74 Å². The van der Waals surface area contributed by atoms with E-state index < -0.39 is 0 Å². The lowest BCUT2D eigenvalue weighted by Gasteiger charge is -2.31. The summed E-state index contributed by atoms with van der Waals surface area (Å²) in [6.45, 7) is 3.44. The smallest absolute Gasteiger partial charge is 0.293 e. The van der Waals surface area contributed by atoms with Crippen molar-refractivity contribution in [2.45, 2.75) is 25.9 Å². The molecular formula is C11H18N4O3. The summed E-state index contributed by atoms with van der Waals surface area (Å²) in [6.07, 6.45) is 1.71. The number of carbonyl (C=O) groups is 1. The third-order valence-corrected chi connectivity index (χ3v) is 2.96. The van der Waals surface area contributed by atoms with E-state index in [9.17, 15) is 4.79 Å². The Bertz CT molecular complexity index is 399. The van der Waals surface area contributed by atoms with Crippen molar-refractivity contribution in [3.8, 4) is 0 Å². The number of H-pyrrole nitrogens is 1. The highest BCUT2D eigenvalue weighted by Crippen LogP contribution is 2.15. The molecular weight excluding hydrogens is 236 g/mol. The number of rotatable bonds is 4. The van der Waals surface area contributed by atoms with Crippen LogP contribution in [0.2, 0.25) is 0 Å². The molecule has 2 N–H and O–H groups in total. The first-order valence-corrected chi connectivity index (χ1v) is 6.11. The van der Waals surface area contributed by atoms with Crippen molar-refractivity contribution in [1.29, 1.82) is 0 Å². The highest BCUT2D eigenvalue weighted by Gasteiger charge is 2.25. The van der Waals surface area contributed by atoms with Gasteiger partial charge in [0.25, 0.3) is 5.91 Å². The fourth-order valence-electron chi connectivity index (χ4n) is 2.02. The molecule has 2 rings (SSSR count). The number of likely N-dealkylation sites (tertiary alicyclic amines) is 1. The molecule has 0 atom stereocenters. The Labute approximate surface area is 105 Å². The fraction of sp³-hybridized carbons (Fsp3) is 0.727. The molecule has 0 saturated carbocycles. The van der Waals surface area contributed by atoms with Gasteiger partial charge in [-0.3, -0.25) is 9.89 Å². The first-order chi connectivity index (χ1) is 8.70. The number of nitrogens with zero attached hydrogens (tertiary/aromatic N) is 3. The van der Waals surface area contributed by atoms with Crippen molar-refractivity contribution in [1.82, 2.24) is 20.1 Å². The SMILES string of the molecule is Cc1nc(C(=O)N2CCC(OCCO)CC2)n[nH]1. The van der Waals surface area contributed by atoms with Gasteiger partial charge in [0.15, 0.2) is 0 Å². The lowest BCUT2D eigenvalue weighted by Crippen LogP contribution is -2.41. The van der Waals surface area contributed by atoms with Crippen LogP contribution in [0, 0.1) is 6.92 Å². The second kappa shape index (κ2) is 5.92. The van der Waals surface area contributed by atoms with Gasteiger partial charge in [0.1, 0.15) is 5.82 Å². The molecule has 1 aromatic rings. The molecule has 1 aromatic heterocycles. The molecule has 1 fully saturated rings. The molecule has 0 aromatic carbocycles. The summed E-state index contributed by atoms with van der Waals surface area (Å²) < 4.78 is 5.44. The summed E-state index contributed by atoms with van der Waals surface area (Å²) in [5.74, 6) is 0.724. The molecule has 1 aliphatic heterocycles. The lowest BCUT2D eigenvalue weighted by atomic mass is 10.1. The van der Waals surface area contributed by atoms with E-state index in [0.29, 0.717) is 25.5 Å². The Balaban J connectivity index is 1.84. The zero-order valence-corrected chi connectivity index (χ0v) is 10.4. The zero-order valence-electron chi connectivity index (χ0n) is 10.4. The minimum absolute atomic E-state index is 0.0373. The number of aliphatic hydroxyl groups is 1. The van der Waals surface area contributed by atoms with Gasteiger partial charge >= 0.3 is 0 Å². The maximum atomic E-state index is 12.0. The molecule has 2 heterocycles. The number of hydrogen-bond donors (Lipinski definition) is 2. The van der Waals surface area contributed by atoms with E-state index >= 15 is 0 Å². The van der Waals surface area contributed by atoms with Crippen molar-refractivity contribution in [2.24, 2.45) is 0 Å². The second-order valence-electron chi connectivity index (χ2n) is 4.33. The van der Waals surface area contributed by atoms with Crippen LogP contribution in [0.25, 0.3) is 0 Å². The number of aromatic nitrogens is 3. The molecule has 1 saturated heterocycles. The van der Waals surface area contributed by atoms with Crippen molar-refractivity contribution < 1.29 is 14.6 Å². The molecule has 1 amide bonds. The Morgan fingerprint density at radius 3 is 2.83 bits per heavy atom. The number of amides is 1. The highest BCUT2D eigenvalue weighted by molar-refractivity contribution is 5.90. The third-order valence-electron chi connectivity index (χ3n) is 2.96. The van der Waals surface area contributed by atoms with Crippen molar-refractivity contribution in [3.05, 3.63) is 11.6 Å². The molecule has 1 aliphatic rings. The van der Waals surface area contributed by atoms with Crippen LogP contribution in [0.1, 0.15) is 29.3 Å². The minimum atomic E-state index is -0.139. The molecule has 7 heteroatoms. The van der Waals surface area contributed by atoms with E-state index in [1.54, 1.807) is 11.8 Å². The highest BCUT2D eigenvalue weighted by atomic mass is 16.5. The fourth-order valence-corrected chi connectivity index (χ4v) is 2.02. The first-order valence-electron chi connectivity index (χ1n) is 6.11. The minimum Gasteiger partial charge on any atom is -0.394 e. The van der Waals surface area contributed by atoms with Gasteiger partial charge < -0.3 is 14.7 Å². The van der Waals surface area contributed by atoms with Gasteiger partial charge in [-0.05, 0) is 19.8 Å². The molecule has 0 radical (unpaired) electrons.